The Kier molecular flexibility index (Phi) is 9.18. The minimum absolute atomic E-state index is 0.0196. The molecule has 27 heavy (non-hydrogen) atoms. The van der Waals surface area contributed by atoms with Gasteiger partial charge in [-0.3, -0.25) is 9.59 Å². The van der Waals surface area contributed by atoms with Crippen LogP contribution in [0.5, 0.6) is 0 Å². The molecule has 1 fully saturated rings. The molecular formula is C20H26ClNO4S. The fraction of sp³-hybridized carbons (Fsp3) is 0.500. The number of likely N-dealkylation sites (tertiary alicyclic amines) is 1. The van der Waals surface area contributed by atoms with Crippen LogP contribution < -0.4 is 0 Å². The van der Waals surface area contributed by atoms with Crippen LogP contribution in [0, 0.1) is 0 Å². The zero-order valence-corrected chi connectivity index (χ0v) is 16.8. The number of thioether (sulfide) groups is 1. The number of rotatable bonds is 11. The molecule has 0 saturated carbocycles. The minimum atomic E-state index is -0.771. The molecule has 7 heteroatoms. The van der Waals surface area contributed by atoms with E-state index in [0.29, 0.717) is 30.8 Å². The number of hydrogen-bond donors (Lipinski definition) is 2. The summed E-state index contributed by atoms with van der Waals surface area (Å²) < 4.78 is 0. The largest absolute Gasteiger partial charge is 0.481 e. The van der Waals surface area contributed by atoms with Gasteiger partial charge in [-0.25, -0.2) is 0 Å². The molecule has 2 rings (SSSR count). The first-order valence-electron chi connectivity index (χ1n) is 9.15. The number of halogens is 1. The van der Waals surface area contributed by atoms with E-state index in [0.717, 1.165) is 23.5 Å². The highest BCUT2D eigenvalue weighted by molar-refractivity contribution is 7.99. The lowest BCUT2D eigenvalue weighted by molar-refractivity contribution is -0.137. The van der Waals surface area contributed by atoms with Gasteiger partial charge in [-0.2, -0.15) is 11.8 Å². The predicted molar refractivity (Wildman–Crippen MR) is 109 cm³/mol. The second-order valence-corrected chi connectivity index (χ2v) is 8.25. The Morgan fingerprint density at radius 1 is 1.41 bits per heavy atom. The fourth-order valence-corrected chi connectivity index (χ4v) is 4.16. The number of carbonyl (C=O) groups excluding carboxylic acids is 1. The van der Waals surface area contributed by atoms with Gasteiger partial charge in [0.05, 0.1) is 12.1 Å². The first-order valence-corrected chi connectivity index (χ1v) is 10.7. The SMILES string of the molecule is O=C(O)CCCSCCN1C(=O)CC[C@@H]1/C=C/[C@@H](O)Cc1cccc(Cl)c1. The molecule has 1 amide bonds. The summed E-state index contributed by atoms with van der Waals surface area (Å²) in [4.78, 5) is 24.4. The molecule has 2 N–H and O–H groups in total. The van der Waals surface area contributed by atoms with Gasteiger partial charge in [-0.05, 0) is 36.3 Å². The van der Waals surface area contributed by atoms with Crippen molar-refractivity contribution in [3.63, 3.8) is 0 Å². The van der Waals surface area contributed by atoms with Gasteiger partial charge >= 0.3 is 5.97 Å². The van der Waals surface area contributed by atoms with Gasteiger partial charge in [0.1, 0.15) is 0 Å². The lowest BCUT2D eigenvalue weighted by Gasteiger charge is -2.22. The highest BCUT2D eigenvalue weighted by Crippen LogP contribution is 2.21. The van der Waals surface area contributed by atoms with E-state index in [1.54, 1.807) is 23.9 Å². The minimum Gasteiger partial charge on any atom is -0.481 e. The number of nitrogens with zero attached hydrogens (tertiary/aromatic N) is 1. The maximum absolute atomic E-state index is 12.1. The molecule has 0 spiro atoms. The van der Waals surface area contributed by atoms with Crippen LogP contribution in [-0.2, 0) is 16.0 Å². The van der Waals surface area contributed by atoms with Crippen molar-refractivity contribution in [2.75, 3.05) is 18.1 Å². The maximum atomic E-state index is 12.1. The lowest BCUT2D eigenvalue weighted by atomic mass is 10.1. The summed E-state index contributed by atoms with van der Waals surface area (Å²) in [5, 5.41) is 19.5. The molecule has 0 aromatic heterocycles. The van der Waals surface area contributed by atoms with E-state index in [4.69, 9.17) is 16.7 Å². The normalized spacial score (nSPS) is 18.4. The molecule has 1 aliphatic heterocycles. The van der Waals surface area contributed by atoms with Crippen molar-refractivity contribution in [1.82, 2.24) is 4.90 Å². The number of carboxylic acids is 1. The van der Waals surface area contributed by atoms with Crippen molar-refractivity contribution in [3.8, 4) is 0 Å². The highest BCUT2D eigenvalue weighted by Gasteiger charge is 2.28. The van der Waals surface area contributed by atoms with Crippen molar-refractivity contribution in [3.05, 3.63) is 47.0 Å². The average molecular weight is 412 g/mol. The Morgan fingerprint density at radius 3 is 2.96 bits per heavy atom. The third-order valence-corrected chi connectivity index (χ3v) is 5.70. The number of carboxylic acid groups (broad SMARTS) is 1. The van der Waals surface area contributed by atoms with Crippen molar-refractivity contribution >= 4 is 35.2 Å². The molecule has 2 atom stereocenters. The van der Waals surface area contributed by atoms with Gasteiger partial charge in [-0.15, -0.1) is 0 Å². The summed E-state index contributed by atoms with van der Waals surface area (Å²) in [6, 6.07) is 7.45. The molecule has 0 unspecified atom stereocenters. The number of carbonyl (C=O) groups is 2. The van der Waals surface area contributed by atoms with Crippen LogP contribution in [0.3, 0.4) is 0 Å². The number of aliphatic hydroxyl groups excluding tert-OH is 1. The van der Waals surface area contributed by atoms with Crippen molar-refractivity contribution in [2.45, 2.75) is 44.2 Å². The number of benzene rings is 1. The second-order valence-electron chi connectivity index (χ2n) is 6.59. The van der Waals surface area contributed by atoms with E-state index in [-0.39, 0.29) is 18.4 Å². The van der Waals surface area contributed by atoms with Gasteiger partial charge in [0.2, 0.25) is 5.91 Å². The summed E-state index contributed by atoms with van der Waals surface area (Å²) in [6.07, 6.45) is 5.68. The van der Waals surface area contributed by atoms with Crippen LogP contribution in [0.1, 0.15) is 31.2 Å². The monoisotopic (exact) mass is 411 g/mol. The molecule has 148 valence electrons. The van der Waals surface area contributed by atoms with E-state index in [2.05, 4.69) is 0 Å². The summed E-state index contributed by atoms with van der Waals surface area (Å²) >= 11 is 7.64. The smallest absolute Gasteiger partial charge is 0.303 e. The molecule has 0 radical (unpaired) electrons. The van der Waals surface area contributed by atoms with E-state index in [1.165, 1.54) is 0 Å². The predicted octanol–water partition coefficient (Wildman–Crippen LogP) is 3.39. The van der Waals surface area contributed by atoms with E-state index >= 15 is 0 Å². The fourth-order valence-electron chi connectivity index (χ4n) is 3.07. The standard InChI is InChI=1S/C20H26ClNO4S/c21-16-4-1-3-15(13-16)14-18(23)8-6-17-7-9-19(24)22(17)10-12-27-11-2-5-20(25)26/h1,3-4,6,8,13,17-18,23H,2,5,7,9-12,14H2,(H,25,26)/b8-6+/t17-,18+/m0/s1. The van der Waals surface area contributed by atoms with Crippen molar-refractivity contribution < 1.29 is 19.8 Å². The van der Waals surface area contributed by atoms with Gasteiger partial charge in [0.15, 0.2) is 0 Å². The lowest BCUT2D eigenvalue weighted by Crippen LogP contribution is -2.34. The van der Waals surface area contributed by atoms with Gasteiger partial charge in [0, 0.05) is 36.6 Å². The number of amides is 1. The zero-order chi connectivity index (χ0) is 19.6. The average Bonchev–Trinajstić information content (AvgIpc) is 2.96. The van der Waals surface area contributed by atoms with Crippen LogP contribution in [-0.4, -0.2) is 57.2 Å². The van der Waals surface area contributed by atoms with Crippen LogP contribution >= 0.6 is 23.4 Å². The number of hydrogen-bond acceptors (Lipinski definition) is 4. The Morgan fingerprint density at radius 2 is 2.22 bits per heavy atom. The Hall–Kier alpha value is -1.50. The first kappa shape index (κ1) is 21.8. The Bertz CT molecular complexity index is 667. The van der Waals surface area contributed by atoms with E-state index in [1.807, 2.05) is 29.2 Å². The Labute approximate surface area is 169 Å². The van der Waals surface area contributed by atoms with Crippen LogP contribution in [0.2, 0.25) is 5.02 Å². The molecule has 0 bridgehead atoms. The van der Waals surface area contributed by atoms with Crippen LogP contribution in [0.15, 0.2) is 36.4 Å². The molecule has 1 saturated heterocycles. The molecule has 1 aromatic carbocycles. The summed E-state index contributed by atoms with van der Waals surface area (Å²) in [5.74, 6) is 0.945. The molecule has 0 aliphatic carbocycles. The first-order chi connectivity index (χ1) is 13.0. The quantitative estimate of drug-likeness (QED) is 0.431. The van der Waals surface area contributed by atoms with Crippen LogP contribution in [0.4, 0.5) is 0 Å². The molecule has 1 heterocycles. The van der Waals surface area contributed by atoms with E-state index < -0.39 is 12.1 Å². The zero-order valence-electron chi connectivity index (χ0n) is 15.2. The van der Waals surface area contributed by atoms with E-state index in [9.17, 15) is 14.7 Å². The van der Waals surface area contributed by atoms with Crippen molar-refractivity contribution in [1.29, 1.82) is 0 Å². The van der Waals surface area contributed by atoms with Gasteiger partial charge in [-0.1, -0.05) is 35.9 Å². The maximum Gasteiger partial charge on any atom is 0.303 e. The molecule has 1 aliphatic rings. The summed E-state index contributed by atoms with van der Waals surface area (Å²) in [6.45, 7) is 0.649. The summed E-state index contributed by atoms with van der Waals surface area (Å²) in [5.41, 5.74) is 0.969. The number of aliphatic hydroxyl groups is 1. The second kappa shape index (κ2) is 11.4. The molecular weight excluding hydrogens is 386 g/mol. The highest BCUT2D eigenvalue weighted by atomic mass is 35.5. The number of aliphatic carboxylic acids is 1. The molecule has 1 aromatic rings. The van der Waals surface area contributed by atoms with Crippen LogP contribution in [0.25, 0.3) is 0 Å². The van der Waals surface area contributed by atoms with Gasteiger partial charge < -0.3 is 15.1 Å². The Balaban J connectivity index is 1.77. The van der Waals surface area contributed by atoms with Gasteiger partial charge in [0.25, 0.3) is 0 Å². The van der Waals surface area contributed by atoms with Crippen molar-refractivity contribution in [2.24, 2.45) is 0 Å². The third kappa shape index (κ3) is 7.95. The molecule has 5 nitrogen and oxygen atoms in total. The topological polar surface area (TPSA) is 77.8 Å². The summed E-state index contributed by atoms with van der Waals surface area (Å²) in [7, 11) is 0. The third-order valence-electron chi connectivity index (χ3n) is 4.42.